The summed E-state index contributed by atoms with van der Waals surface area (Å²) in [5.74, 6) is 1.37. The van der Waals surface area contributed by atoms with Crippen LogP contribution in [-0.4, -0.2) is 53.4 Å². The van der Waals surface area contributed by atoms with E-state index >= 15 is 0 Å². The van der Waals surface area contributed by atoms with Crippen LogP contribution in [0.15, 0.2) is 31.0 Å². The Morgan fingerprint density at radius 2 is 1.76 bits per heavy atom. The van der Waals surface area contributed by atoms with Crippen molar-refractivity contribution in [2.45, 2.75) is 33.1 Å². The van der Waals surface area contributed by atoms with Gasteiger partial charge in [0.05, 0.1) is 29.5 Å². The fraction of sp³-hybridized carbons (Fsp3) is 0.429. The van der Waals surface area contributed by atoms with Crippen molar-refractivity contribution in [2.75, 3.05) is 13.1 Å². The molecule has 0 atom stereocenters. The van der Waals surface area contributed by atoms with Crippen molar-refractivity contribution in [3.8, 4) is 11.4 Å². The predicted molar refractivity (Wildman–Crippen MR) is 108 cm³/mol. The Balaban J connectivity index is 1.42. The second-order valence-corrected chi connectivity index (χ2v) is 7.58. The first kappa shape index (κ1) is 19.2. The molecule has 0 aromatic carbocycles. The van der Waals surface area contributed by atoms with E-state index in [0.29, 0.717) is 11.6 Å². The Labute approximate surface area is 170 Å². The fourth-order valence-electron chi connectivity index (χ4n) is 3.73. The molecule has 150 valence electrons. The van der Waals surface area contributed by atoms with Crippen molar-refractivity contribution < 1.29 is 4.79 Å². The van der Waals surface area contributed by atoms with E-state index in [0.717, 1.165) is 61.0 Å². The Hall–Kier alpha value is -3.16. The third kappa shape index (κ3) is 4.01. The van der Waals surface area contributed by atoms with Crippen LogP contribution in [0.4, 0.5) is 0 Å². The molecule has 8 nitrogen and oxygen atoms in total. The Kier molecular flexibility index (Phi) is 5.33. The lowest BCUT2D eigenvalue weighted by Crippen LogP contribution is -2.39. The largest absolute Gasteiger partial charge is 0.337 e. The van der Waals surface area contributed by atoms with Gasteiger partial charge in [-0.1, -0.05) is 0 Å². The molecule has 0 radical (unpaired) electrons. The number of aromatic nitrogens is 6. The molecule has 0 spiro atoms. The zero-order chi connectivity index (χ0) is 20.4. The van der Waals surface area contributed by atoms with Crippen molar-refractivity contribution in [3.05, 3.63) is 53.9 Å². The van der Waals surface area contributed by atoms with Gasteiger partial charge in [-0.15, -0.1) is 0 Å². The first-order valence-electron chi connectivity index (χ1n) is 9.89. The predicted octanol–water partition coefficient (Wildman–Crippen LogP) is 2.38. The van der Waals surface area contributed by atoms with Crippen molar-refractivity contribution in [1.82, 2.24) is 34.4 Å². The van der Waals surface area contributed by atoms with Gasteiger partial charge in [-0.3, -0.25) is 19.7 Å². The number of amides is 1. The highest BCUT2D eigenvalue weighted by Crippen LogP contribution is 2.27. The number of aryl methyl sites for hydroxylation is 2. The minimum absolute atomic E-state index is 0.0403. The van der Waals surface area contributed by atoms with Crippen LogP contribution in [0, 0.1) is 19.8 Å². The molecule has 4 heterocycles. The van der Waals surface area contributed by atoms with Crippen LogP contribution in [0.2, 0.25) is 0 Å². The molecule has 1 amide bonds. The zero-order valence-electron chi connectivity index (χ0n) is 17.0. The number of hydrogen-bond acceptors (Lipinski definition) is 6. The normalized spacial score (nSPS) is 14.9. The SMILES string of the molecule is Cc1cnc(C(=O)N2CCC(Cc3nccnc3-c3cnc(C)n3C)CC2)cn1. The maximum absolute atomic E-state index is 12.6. The number of carbonyl (C=O) groups excluding carboxylic acids is 1. The summed E-state index contributed by atoms with van der Waals surface area (Å²) in [5.41, 5.74) is 4.09. The molecule has 1 aliphatic heterocycles. The summed E-state index contributed by atoms with van der Waals surface area (Å²) >= 11 is 0. The molecule has 3 aromatic rings. The molecule has 0 unspecified atom stereocenters. The average Bonchev–Trinajstić information content (AvgIpc) is 3.07. The number of piperidine rings is 1. The smallest absolute Gasteiger partial charge is 0.274 e. The molecule has 0 bridgehead atoms. The van der Waals surface area contributed by atoms with Crippen LogP contribution >= 0.6 is 0 Å². The standard InChI is InChI=1S/C21H25N7O/c1-14-11-26-18(12-24-14)21(29)28-8-4-16(5-9-28)10-17-20(23-7-6-22-17)19-13-25-15(2)27(19)3/h6-7,11-13,16H,4-5,8-10H2,1-3H3. The van der Waals surface area contributed by atoms with Crippen molar-refractivity contribution >= 4 is 5.91 Å². The van der Waals surface area contributed by atoms with E-state index in [4.69, 9.17) is 0 Å². The van der Waals surface area contributed by atoms with Crippen molar-refractivity contribution in [2.24, 2.45) is 13.0 Å². The fourth-order valence-corrected chi connectivity index (χ4v) is 3.73. The molecule has 1 saturated heterocycles. The maximum atomic E-state index is 12.6. The van der Waals surface area contributed by atoms with Gasteiger partial charge >= 0.3 is 0 Å². The van der Waals surface area contributed by atoms with Crippen LogP contribution in [0.25, 0.3) is 11.4 Å². The molecular formula is C21H25N7O. The quantitative estimate of drug-likeness (QED) is 0.678. The van der Waals surface area contributed by atoms with Gasteiger partial charge < -0.3 is 9.47 Å². The lowest BCUT2D eigenvalue weighted by atomic mass is 9.91. The van der Waals surface area contributed by atoms with E-state index in [-0.39, 0.29) is 5.91 Å². The molecule has 0 saturated carbocycles. The summed E-state index contributed by atoms with van der Waals surface area (Å²) < 4.78 is 2.04. The zero-order valence-corrected chi connectivity index (χ0v) is 17.0. The first-order chi connectivity index (χ1) is 14.0. The minimum atomic E-state index is -0.0403. The van der Waals surface area contributed by atoms with Gasteiger partial charge in [0.2, 0.25) is 0 Å². The molecule has 0 aliphatic carbocycles. The lowest BCUT2D eigenvalue weighted by molar-refractivity contribution is 0.0683. The number of nitrogens with zero attached hydrogens (tertiary/aromatic N) is 7. The van der Waals surface area contributed by atoms with Gasteiger partial charge in [0.25, 0.3) is 5.91 Å². The van der Waals surface area contributed by atoms with Gasteiger partial charge in [-0.25, -0.2) is 9.97 Å². The summed E-state index contributed by atoms with van der Waals surface area (Å²) in [6.45, 7) is 5.28. The lowest BCUT2D eigenvalue weighted by Gasteiger charge is -2.31. The van der Waals surface area contributed by atoms with Gasteiger partial charge in [-0.05, 0) is 39.0 Å². The molecule has 1 fully saturated rings. The highest BCUT2D eigenvalue weighted by Gasteiger charge is 2.26. The number of hydrogen-bond donors (Lipinski definition) is 0. The second-order valence-electron chi connectivity index (χ2n) is 7.58. The third-order valence-electron chi connectivity index (χ3n) is 5.62. The first-order valence-corrected chi connectivity index (χ1v) is 9.89. The topological polar surface area (TPSA) is 89.7 Å². The number of carbonyl (C=O) groups is 1. The van der Waals surface area contributed by atoms with Crippen LogP contribution < -0.4 is 0 Å². The van der Waals surface area contributed by atoms with Crippen LogP contribution in [0.3, 0.4) is 0 Å². The molecule has 3 aromatic heterocycles. The highest BCUT2D eigenvalue weighted by molar-refractivity contribution is 5.92. The molecule has 1 aliphatic rings. The summed E-state index contributed by atoms with van der Waals surface area (Å²) in [6.07, 6.45) is 11.2. The number of likely N-dealkylation sites (tertiary alicyclic amines) is 1. The molecular weight excluding hydrogens is 366 g/mol. The third-order valence-corrected chi connectivity index (χ3v) is 5.62. The Morgan fingerprint density at radius 1 is 1.00 bits per heavy atom. The van der Waals surface area contributed by atoms with E-state index in [2.05, 4.69) is 24.9 Å². The van der Waals surface area contributed by atoms with Gasteiger partial charge in [0, 0.05) is 38.7 Å². The number of imidazole rings is 1. The molecule has 4 rings (SSSR count). The summed E-state index contributed by atoms with van der Waals surface area (Å²) in [5, 5.41) is 0. The Bertz CT molecular complexity index is 1000. The van der Waals surface area contributed by atoms with E-state index in [1.54, 1.807) is 24.8 Å². The molecule has 8 heteroatoms. The average molecular weight is 391 g/mol. The minimum Gasteiger partial charge on any atom is -0.337 e. The summed E-state index contributed by atoms with van der Waals surface area (Å²) in [4.78, 5) is 36.5. The van der Waals surface area contributed by atoms with Gasteiger partial charge in [0.15, 0.2) is 0 Å². The van der Waals surface area contributed by atoms with Gasteiger partial charge in [0.1, 0.15) is 17.2 Å². The molecule has 0 N–H and O–H groups in total. The summed E-state index contributed by atoms with van der Waals surface area (Å²) in [6, 6.07) is 0. The monoisotopic (exact) mass is 391 g/mol. The van der Waals surface area contributed by atoms with E-state index in [9.17, 15) is 4.79 Å². The van der Waals surface area contributed by atoms with Crippen LogP contribution in [0.5, 0.6) is 0 Å². The Morgan fingerprint density at radius 3 is 2.41 bits per heavy atom. The van der Waals surface area contributed by atoms with Crippen molar-refractivity contribution in [3.63, 3.8) is 0 Å². The number of rotatable bonds is 4. The van der Waals surface area contributed by atoms with Crippen LogP contribution in [0.1, 0.15) is 40.5 Å². The summed E-state index contributed by atoms with van der Waals surface area (Å²) in [7, 11) is 1.99. The van der Waals surface area contributed by atoms with E-state index in [1.165, 1.54) is 0 Å². The molecule has 29 heavy (non-hydrogen) atoms. The van der Waals surface area contributed by atoms with E-state index < -0.39 is 0 Å². The van der Waals surface area contributed by atoms with Crippen molar-refractivity contribution in [1.29, 1.82) is 0 Å². The van der Waals surface area contributed by atoms with E-state index in [1.807, 2.05) is 36.6 Å². The maximum Gasteiger partial charge on any atom is 0.274 e. The second kappa shape index (κ2) is 8.06. The van der Waals surface area contributed by atoms with Crippen LogP contribution in [-0.2, 0) is 13.5 Å². The van der Waals surface area contributed by atoms with Gasteiger partial charge in [-0.2, -0.15) is 0 Å². The highest BCUT2D eigenvalue weighted by atomic mass is 16.2.